The summed E-state index contributed by atoms with van der Waals surface area (Å²) < 4.78 is 13.5. The molecule has 0 radical (unpaired) electrons. The van der Waals surface area contributed by atoms with Crippen LogP contribution in [0.3, 0.4) is 0 Å². The largest absolute Gasteiger partial charge is 0.497 e. The summed E-state index contributed by atoms with van der Waals surface area (Å²) in [6.45, 7) is 3.69. The fourth-order valence-electron chi connectivity index (χ4n) is 4.04. The molecule has 1 heterocycles. The minimum atomic E-state index is 0.154. The van der Waals surface area contributed by atoms with E-state index in [2.05, 4.69) is 41.8 Å². The summed E-state index contributed by atoms with van der Waals surface area (Å²) in [6, 6.07) is 22.5. The Labute approximate surface area is 200 Å². The van der Waals surface area contributed by atoms with Crippen LogP contribution in [0.1, 0.15) is 30.9 Å². The number of ether oxygens (including phenoxy) is 2. The number of rotatable bonds is 10. The molecule has 4 nitrogen and oxygen atoms in total. The van der Waals surface area contributed by atoms with Crippen molar-refractivity contribution in [1.29, 1.82) is 0 Å². The molecule has 4 rings (SSSR count). The van der Waals surface area contributed by atoms with Crippen LogP contribution in [0.5, 0.6) is 11.5 Å². The van der Waals surface area contributed by atoms with Gasteiger partial charge in [0.15, 0.2) is 0 Å². The highest BCUT2D eigenvalue weighted by molar-refractivity contribution is 6.38. The highest BCUT2D eigenvalue weighted by Crippen LogP contribution is 2.40. The minimum absolute atomic E-state index is 0.154. The van der Waals surface area contributed by atoms with Crippen LogP contribution < -0.4 is 9.47 Å². The Morgan fingerprint density at radius 1 is 0.909 bits per heavy atom. The van der Waals surface area contributed by atoms with E-state index in [1.807, 2.05) is 36.4 Å². The number of hydrogen-bond donors (Lipinski definition) is 1. The van der Waals surface area contributed by atoms with Crippen molar-refractivity contribution < 1.29 is 14.6 Å². The molecule has 0 fully saturated rings. The lowest BCUT2D eigenvalue weighted by Crippen LogP contribution is -2.02. The smallest absolute Gasteiger partial charge is 0.120 e. The number of nitrogens with zero attached hydrogens (tertiary/aromatic N) is 1. The molecule has 0 unspecified atom stereocenters. The van der Waals surface area contributed by atoms with E-state index in [-0.39, 0.29) is 6.61 Å². The summed E-state index contributed by atoms with van der Waals surface area (Å²) in [6.07, 6.45) is 2.78. The summed E-state index contributed by atoms with van der Waals surface area (Å²) in [5.74, 6) is 1.65. The van der Waals surface area contributed by atoms with Gasteiger partial charge in [-0.25, -0.2) is 0 Å². The van der Waals surface area contributed by atoms with Gasteiger partial charge in [-0.3, -0.25) is 0 Å². The molecule has 0 aliphatic carbocycles. The van der Waals surface area contributed by atoms with Crippen LogP contribution in [0.2, 0.25) is 5.02 Å². The first-order chi connectivity index (χ1) is 16.1. The number of fused-ring (bicyclic) bond motifs is 1. The van der Waals surface area contributed by atoms with Crippen LogP contribution in [0.4, 0.5) is 0 Å². The molecule has 33 heavy (non-hydrogen) atoms. The molecule has 4 aromatic rings. The quantitative estimate of drug-likeness (QED) is 0.265. The fraction of sp³-hybridized carbons (Fsp3) is 0.286. The zero-order valence-corrected chi connectivity index (χ0v) is 19.9. The number of unbranched alkanes of at least 4 members (excludes halogenated alkanes) is 1. The Kier molecular flexibility index (Phi) is 7.58. The van der Waals surface area contributed by atoms with Crippen LogP contribution in [0, 0.1) is 0 Å². The van der Waals surface area contributed by atoms with Crippen LogP contribution in [0.25, 0.3) is 22.2 Å². The topological polar surface area (TPSA) is 43.6 Å². The lowest BCUT2D eigenvalue weighted by atomic mass is 10.1. The third-order valence-electron chi connectivity index (χ3n) is 5.87. The highest BCUT2D eigenvalue weighted by Gasteiger charge is 2.18. The Hall–Kier alpha value is -2.95. The molecule has 0 saturated carbocycles. The van der Waals surface area contributed by atoms with Gasteiger partial charge >= 0.3 is 0 Å². The van der Waals surface area contributed by atoms with Crippen LogP contribution in [0.15, 0.2) is 66.7 Å². The molecule has 0 saturated heterocycles. The number of methoxy groups -OCH3 is 1. The molecule has 0 atom stereocenters. The normalized spacial score (nSPS) is 11.2. The number of aliphatic hydroxyl groups is 1. The maximum atomic E-state index is 9.20. The first-order valence-electron chi connectivity index (χ1n) is 11.4. The van der Waals surface area contributed by atoms with Gasteiger partial charge in [0.1, 0.15) is 11.5 Å². The van der Waals surface area contributed by atoms with E-state index >= 15 is 0 Å². The summed E-state index contributed by atoms with van der Waals surface area (Å²) in [5, 5.41) is 10.9. The third kappa shape index (κ3) is 5.18. The molecule has 1 aromatic heterocycles. The van der Waals surface area contributed by atoms with Crippen LogP contribution in [-0.4, -0.2) is 30.0 Å². The van der Waals surface area contributed by atoms with E-state index in [0.29, 0.717) is 24.6 Å². The zero-order chi connectivity index (χ0) is 23.2. The van der Waals surface area contributed by atoms with Gasteiger partial charge in [-0.15, -0.1) is 0 Å². The third-order valence-corrected chi connectivity index (χ3v) is 6.25. The van der Waals surface area contributed by atoms with Crippen LogP contribution >= 0.6 is 11.6 Å². The summed E-state index contributed by atoms with van der Waals surface area (Å²) in [7, 11) is 1.67. The van der Waals surface area contributed by atoms with E-state index < -0.39 is 0 Å². The Bertz CT molecular complexity index is 1200. The SMILES string of the molecule is CCCCOc1ccc2c(c1)c(Cl)c(-c1ccc(OC)cc1)n2Cc1ccc(CCO)cc1. The van der Waals surface area contributed by atoms with Gasteiger partial charge in [0, 0.05) is 18.5 Å². The zero-order valence-electron chi connectivity index (χ0n) is 19.2. The van der Waals surface area contributed by atoms with Crippen molar-refractivity contribution in [3.8, 4) is 22.8 Å². The van der Waals surface area contributed by atoms with Gasteiger partial charge in [0.25, 0.3) is 0 Å². The summed E-state index contributed by atoms with van der Waals surface area (Å²) in [4.78, 5) is 0. The molecule has 172 valence electrons. The molecule has 0 bridgehead atoms. The van der Waals surface area contributed by atoms with Crippen molar-refractivity contribution in [2.45, 2.75) is 32.7 Å². The first-order valence-corrected chi connectivity index (χ1v) is 11.8. The number of halogens is 1. The maximum Gasteiger partial charge on any atom is 0.120 e. The minimum Gasteiger partial charge on any atom is -0.497 e. The van der Waals surface area contributed by atoms with E-state index in [1.165, 1.54) is 5.56 Å². The average molecular weight is 464 g/mol. The Balaban J connectivity index is 1.78. The standard InChI is InChI=1S/C28H30ClNO3/c1-3-4-17-33-24-13-14-26-25(18-24)27(29)28(22-9-11-23(32-2)12-10-22)30(26)19-21-7-5-20(6-8-21)15-16-31/h5-14,18,31H,3-4,15-17,19H2,1-2H3. The molecule has 0 spiro atoms. The maximum absolute atomic E-state index is 9.20. The van der Waals surface area contributed by atoms with Gasteiger partial charge in [-0.05, 0) is 72.0 Å². The summed E-state index contributed by atoms with van der Waals surface area (Å²) in [5.41, 5.74) is 5.36. The van der Waals surface area contributed by atoms with Gasteiger partial charge < -0.3 is 19.1 Å². The lowest BCUT2D eigenvalue weighted by Gasteiger charge is -2.13. The second kappa shape index (κ2) is 10.8. The number of aliphatic hydroxyl groups excluding tert-OH is 1. The number of aromatic nitrogens is 1. The fourth-order valence-corrected chi connectivity index (χ4v) is 4.40. The highest BCUT2D eigenvalue weighted by atomic mass is 35.5. The van der Waals surface area contributed by atoms with Crippen LogP contribution in [-0.2, 0) is 13.0 Å². The van der Waals surface area contributed by atoms with Crippen molar-refractivity contribution in [2.75, 3.05) is 20.3 Å². The predicted octanol–water partition coefficient (Wildman–Crippen LogP) is 6.73. The van der Waals surface area contributed by atoms with E-state index in [4.69, 9.17) is 21.1 Å². The second-order valence-corrected chi connectivity index (χ2v) is 8.53. The van der Waals surface area contributed by atoms with Gasteiger partial charge in [0.2, 0.25) is 0 Å². The van der Waals surface area contributed by atoms with Crippen molar-refractivity contribution in [3.05, 3.63) is 82.9 Å². The molecule has 0 aliphatic heterocycles. The molecule has 3 aromatic carbocycles. The number of benzene rings is 3. The van der Waals surface area contributed by atoms with E-state index in [1.54, 1.807) is 7.11 Å². The van der Waals surface area contributed by atoms with Gasteiger partial charge in [-0.2, -0.15) is 0 Å². The van der Waals surface area contributed by atoms with Gasteiger partial charge in [-0.1, -0.05) is 49.2 Å². The van der Waals surface area contributed by atoms with Crippen molar-refractivity contribution in [1.82, 2.24) is 4.57 Å². The molecule has 0 aliphatic rings. The summed E-state index contributed by atoms with van der Waals surface area (Å²) >= 11 is 7.00. The predicted molar refractivity (Wildman–Crippen MR) is 136 cm³/mol. The molecule has 0 amide bonds. The molecular formula is C28H30ClNO3. The Morgan fingerprint density at radius 2 is 1.61 bits per heavy atom. The van der Waals surface area contributed by atoms with E-state index in [0.717, 1.165) is 52.1 Å². The van der Waals surface area contributed by atoms with Gasteiger partial charge in [0.05, 0.1) is 29.9 Å². The second-order valence-electron chi connectivity index (χ2n) is 8.15. The monoisotopic (exact) mass is 463 g/mol. The number of hydrogen-bond acceptors (Lipinski definition) is 3. The van der Waals surface area contributed by atoms with E-state index in [9.17, 15) is 5.11 Å². The Morgan fingerprint density at radius 3 is 2.27 bits per heavy atom. The van der Waals surface area contributed by atoms with Crippen molar-refractivity contribution in [3.63, 3.8) is 0 Å². The average Bonchev–Trinajstić information content (AvgIpc) is 3.11. The molecular weight excluding hydrogens is 434 g/mol. The lowest BCUT2D eigenvalue weighted by molar-refractivity contribution is 0.299. The molecule has 1 N–H and O–H groups in total. The van der Waals surface area contributed by atoms with Crippen molar-refractivity contribution in [2.24, 2.45) is 0 Å². The molecule has 5 heteroatoms. The first kappa shape index (κ1) is 23.2. The van der Waals surface area contributed by atoms with Crippen molar-refractivity contribution >= 4 is 22.5 Å².